The molecule has 5 nitrogen and oxygen atoms in total. The SMILES string of the molecule is CC(C)NS(=O)(=O)c1ccc(F)c(C(=O)NC(c2ccccc2)C(F)(F)F)c1. The summed E-state index contributed by atoms with van der Waals surface area (Å²) in [6.45, 7) is 3.12. The Labute approximate surface area is 159 Å². The fraction of sp³-hybridized carbons (Fsp3) is 0.278. The molecule has 2 rings (SSSR count). The summed E-state index contributed by atoms with van der Waals surface area (Å²) in [7, 11) is -4.06. The van der Waals surface area contributed by atoms with Crippen LogP contribution in [0.4, 0.5) is 17.6 Å². The number of halogens is 4. The third-order valence-corrected chi connectivity index (χ3v) is 5.28. The van der Waals surface area contributed by atoms with E-state index in [0.717, 1.165) is 12.1 Å². The molecule has 10 heteroatoms. The summed E-state index contributed by atoms with van der Waals surface area (Å²) in [5.74, 6) is -2.53. The quantitative estimate of drug-likeness (QED) is 0.705. The normalized spacial score (nSPS) is 13.4. The van der Waals surface area contributed by atoms with Gasteiger partial charge in [-0.25, -0.2) is 17.5 Å². The van der Waals surface area contributed by atoms with E-state index < -0.39 is 50.5 Å². The van der Waals surface area contributed by atoms with Gasteiger partial charge < -0.3 is 5.32 Å². The molecule has 2 aromatic rings. The van der Waals surface area contributed by atoms with Gasteiger partial charge in [0.1, 0.15) is 5.82 Å². The van der Waals surface area contributed by atoms with Crippen molar-refractivity contribution in [3.05, 3.63) is 65.5 Å². The Balaban J connectivity index is 2.39. The molecule has 0 aliphatic rings. The number of hydrogen-bond acceptors (Lipinski definition) is 3. The largest absolute Gasteiger partial charge is 0.412 e. The molecule has 1 amide bonds. The maximum Gasteiger partial charge on any atom is 0.412 e. The number of carbonyl (C=O) groups excluding carboxylic acids is 1. The Bertz CT molecular complexity index is 945. The van der Waals surface area contributed by atoms with E-state index in [2.05, 4.69) is 4.72 Å². The molecule has 2 aromatic carbocycles. The smallest absolute Gasteiger partial charge is 0.337 e. The summed E-state index contributed by atoms with van der Waals surface area (Å²) in [5, 5.41) is 1.73. The van der Waals surface area contributed by atoms with Crippen molar-refractivity contribution in [2.45, 2.75) is 37.0 Å². The van der Waals surface area contributed by atoms with Crippen LogP contribution in [0.2, 0.25) is 0 Å². The zero-order valence-electron chi connectivity index (χ0n) is 14.9. The summed E-state index contributed by atoms with van der Waals surface area (Å²) in [6, 6.07) is 6.07. The highest BCUT2D eigenvalue weighted by atomic mass is 32.2. The summed E-state index contributed by atoms with van der Waals surface area (Å²) < 4.78 is 80.8. The van der Waals surface area contributed by atoms with E-state index in [1.165, 1.54) is 30.3 Å². The summed E-state index contributed by atoms with van der Waals surface area (Å²) >= 11 is 0. The second-order valence-corrected chi connectivity index (χ2v) is 7.99. The molecule has 28 heavy (non-hydrogen) atoms. The minimum Gasteiger partial charge on any atom is -0.337 e. The third-order valence-electron chi connectivity index (χ3n) is 3.62. The Kier molecular flexibility index (Phi) is 6.45. The average molecular weight is 418 g/mol. The first-order valence-electron chi connectivity index (χ1n) is 8.16. The van der Waals surface area contributed by atoms with Crippen LogP contribution >= 0.6 is 0 Å². The summed E-state index contributed by atoms with van der Waals surface area (Å²) in [6.07, 6.45) is -4.84. The Morgan fingerprint density at radius 3 is 2.18 bits per heavy atom. The van der Waals surface area contributed by atoms with Gasteiger partial charge in [0, 0.05) is 6.04 Å². The molecule has 1 unspecified atom stereocenters. The lowest BCUT2D eigenvalue weighted by Crippen LogP contribution is -2.38. The van der Waals surface area contributed by atoms with Gasteiger partial charge in [0.2, 0.25) is 10.0 Å². The average Bonchev–Trinajstić information content (AvgIpc) is 2.58. The lowest BCUT2D eigenvalue weighted by Gasteiger charge is -2.22. The predicted octanol–water partition coefficient (Wildman–Crippen LogP) is 3.55. The van der Waals surface area contributed by atoms with Crippen LogP contribution in [0.1, 0.15) is 35.8 Å². The van der Waals surface area contributed by atoms with E-state index in [0.29, 0.717) is 6.07 Å². The van der Waals surface area contributed by atoms with E-state index in [1.54, 1.807) is 19.2 Å². The number of benzene rings is 2. The molecular formula is C18H18F4N2O3S. The molecule has 2 N–H and O–H groups in total. The van der Waals surface area contributed by atoms with Crippen LogP contribution in [0.15, 0.2) is 53.4 Å². The maximum absolute atomic E-state index is 14.1. The minimum atomic E-state index is -4.84. The van der Waals surface area contributed by atoms with Crippen molar-refractivity contribution < 1.29 is 30.8 Å². The summed E-state index contributed by atoms with van der Waals surface area (Å²) in [5.41, 5.74) is -1.05. The number of alkyl halides is 3. The van der Waals surface area contributed by atoms with E-state index in [9.17, 15) is 30.8 Å². The van der Waals surface area contributed by atoms with Crippen LogP contribution in [0.25, 0.3) is 0 Å². The second kappa shape index (κ2) is 8.27. The van der Waals surface area contributed by atoms with Crippen molar-refractivity contribution >= 4 is 15.9 Å². The topological polar surface area (TPSA) is 75.3 Å². The van der Waals surface area contributed by atoms with E-state index in [-0.39, 0.29) is 5.56 Å². The van der Waals surface area contributed by atoms with Crippen molar-refractivity contribution in [2.24, 2.45) is 0 Å². The first-order chi connectivity index (χ1) is 12.9. The number of nitrogens with one attached hydrogen (secondary N) is 2. The molecule has 0 aliphatic heterocycles. The van der Waals surface area contributed by atoms with E-state index in [4.69, 9.17) is 0 Å². The molecule has 0 saturated heterocycles. The first kappa shape index (κ1) is 21.8. The molecule has 152 valence electrons. The zero-order valence-corrected chi connectivity index (χ0v) is 15.7. The Morgan fingerprint density at radius 1 is 1.04 bits per heavy atom. The van der Waals surface area contributed by atoms with E-state index >= 15 is 0 Å². The Hall–Kier alpha value is -2.46. The highest BCUT2D eigenvalue weighted by Gasteiger charge is 2.42. The lowest BCUT2D eigenvalue weighted by molar-refractivity contribution is -0.155. The first-order valence-corrected chi connectivity index (χ1v) is 9.64. The second-order valence-electron chi connectivity index (χ2n) is 6.28. The highest BCUT2D eigenvalue weighted by molar-refractivity contribution is 7.89. The van der Waals surface area contributed by atoms with Gasteiger partial charge in [-0.3, -0.25) is 4.79 Å². The van der Waals surface area contributed by atoms with Crippen molar-refractivity contribution in [3.8, 4) is 0 Å². The molecule has 0 radical (unpaired) electrons. The molecule has 0 aliphatic carbocycles. The molecule has 0 bridgehead atoms. The van der Waals surface area contributed by atoms with Gasteiger partial charge in [-0.05, 0) is 37.6 Å². The standard InChI is InChI=1S/C18H18F4N2O3S/c1-11(2)24-28(26,27)13-8-9-15(19)14(10-13)17(25)23-16(18(20,21)22)12-6-4-3-5-7-12/h3-11,16,24H,1-2H3,(H,23,25). The molecule has 1 atom stereocenters. The number of hydrogen-bond donors (Lipinski definition) is 2. The van der Waals surface area contributed by atoms with Crippen molar-refractivity contribution in [3.63, 3.8) is 0 Å². The van der Waals surface area contributed by atoms with Gasteiger partial charge in [0.05, 0.1) is 10.5 Å². The van der Waals surface area contributed by atoms with Gasteiger partial charge >= 0.3 is 6.18 Å². The zero-order chi connectivity index (χ0) is 21.1. The molecule has 0 fully saturated rings. The molecule has 0 aromatic heterocycles. The van der Waals surface area contributed by atoms with Crippen molar-refractivity contribution in [1.29, 1.82) is 0 Å². The van der Waals surface area contributed by atoms with Gasteiger partial charge in [-0.1, -0.05) is 30.3 Å². The van der Waals surface area contributed by atoms with Crippen LogP contribution in [0.5, 0.6) is 0 Å². The van der Waals surface area contributed by atoms with Crippen molar-refractivity contribution in [2.75, 3.05) is 0 Å². The fourth-order valence-corrected chi connectivity index (χ4v) is 3.71. The number of sulfonamides is 1. The van der Waals surface area contributed by atoms with Gasteiger partial charge in [0.15, 0.2) is 6.04 Å². The van der Waals surface area contributed by atoms with Crippen LogP contribution in [0.3, 0.4) is 0 Å². The Morgan fingerprint density at radius 2 is 1.64 bits per heavy atom. The highest BCUT2D eigenvalue weighted by Crippen LogP contribution is 2.33. The maximum atomic E-state index is 14.1. The van der Waals surface area contributed by atoms with E-state index in [1.807, 2.05) is 0 Å². The third kappa shape index (κ3) is 5.29. The summed E-state index contributed by atoms with van der Waals surface area (Å²) in [4.78, 5) is 11.9. The minimum absolute atomic E-state index is 0.242. The molecular weight excluding hydrogens is 400 g/mol. The van der Waals surface area contributed by atoms with Gasteiger partial charge in [0.25, 0.3) is 5.91 Å². The lowest BCUT2D eigenvalue weighted by atomic mass is 10.1. The number of amides is 1. The monoisotopic (exact) mass is 418 g/mol. The molecule has 0 heterocycles. The number of rotatable bonds is 6. The molecule has 0 saturated carbocycles. The van der Waals surface area contributed by atoms with Crippen LogP contribution < -0.4 is 10.0 Å². The predicted molar refractivity (Wildman–Crippen MR) is 94.6 cm³/mol. The fourth-order valence-electron chi connectivity index (χ4n) is 2.43. The van der Waals surface area contributed by atoms with Crippen LogP contribution in [-0.2, 0) is 10.0 Å². The van der Waals surface area contributed by atoms with Crippen LogP contribution in [0, 0.1) is 5.82 Å². The molecule has 0 spiro atoms. The number of carbonyl (C=O) groups is 1. The van der Waals surface area contributed by atoms with Gasteiger partial charge in [-0.2, -0.15) is 13.2 Å². The van der Waals surface area contributed by atoms with Crippen molar-refractivity contribution in [1.82, 2.24) is 10.0 Å². The van der Waals surface area contributed by atoms with Gasteiger partial charge in [-0.15, -0.1) is 0 Å². The van der Waals surface area contributed by atoms with Crippen LogP contribution in [-0.4, -0.2) is 26.5 Å².